The molecule has 0 aliphatic rings. The predicted octanol–water partition coefficient (Wildman–Crippen LogP) is 3.84. The molecule has 2 rings (SSSR count). The van der Waals surface area contributed by atoms with Crippen molar-refractivity contribution in [3.8, 4) is 0 Å². The number of hydrogen-bond acceptors (Lipinski definition) is 4. The molecular formula is C22H26Cl2FN3O4S. The molecule has 0 saturated heterocycles. The largest absolute Gasteiger partial charge is 0.354 e. The van der Waals surface area contributed by atoms with E-state index in [1.807, 2.05) is 6.92 Å². The van der Waals surface area contributed by atoms with E-state index in [1.54, 1.807) is 31.2 Å². The van der Waals surface area contributed by atoms with E-state index in [1.165, 1.54) is 11.0 Å². The van der Waals surface area contributed by atoms with Crippen molar-refractivity contribution in [1.29, 1.82) is 0 Å². The fraction of sp³-hybridized carbons (Fsp3) is 0.364. The summed E-state index contributed by atoms with van der Waals surface area (Å²) < 4.78 is 39.3. The zero-order chi connectivity index (χ0) is 24.8. The zero-order valence-electron chi connectivity index (χ0n) is 18.5. The van der Waals surface area contributed by atoms with Gasteiger partial charge in [-0.2, -0.15) is 0 Å². The molecule has 0 saturated carbocycles. The molecule has 0 aromatic heterocycles. The third kappa shape index (κ3) is 7.58. The predicted molar refractivity (Wildman–Crippen MR) is 128 cm³/mol. The van der Waals surface area contributed by atoms with Crippen LogP contribution < -0.4 is 9.62 Å². The van der Waals surface area contributed by atoms with Gasteiger partial charge in [-0.25, -0.2) is 12.8 Å². The number of carbonyl (C=O) groups excluding carboxylic acids is 2. The summed E-state index contributed by atoms with van der Waals surface area (Å²) in [5.74, 6) is -1.70. The summed E-state index contributed by atoms with van der Waals surface area (Å²) in [6, 6.07) is 9.24. The smallest absolute Gasteiger partial charge is 0.244 e. The first kappa shape index (κ1) is 26.9. The van der Waals surface area contributed by atoms with Crippen molar-refractivity contribution in [2.24, 2.45) is 0 Å². The van der Waals surface area contributed by atoms with Crippen LogP contribution in [0.3, 0.4) is 0 Å². The monoisotopic (exact) mass is 517 g/mol. The van der Waals surface area contributed by atoms with E-state index >= 15 is 0 Å². The molecule has 2 amide bonds. The Labute approximate surface area is 203 Å². The summed E-state index contributed by atoms with van der Waals surface area (Å²) in [7, 11) is -3.93. The van der Waals surface area contributed by atoms with E-state index in [4.69, 9.17) is 23.2 Å². The van der Waals surface area contributed by atoms with Gasteiger partial charge in [0.2, 0.25) is 21.8 Å². The molecule has 0 unspecified atom stereocenters. The van der Waals surface area contributed by atoms with Crippen molar-refractivity contribution >= 4 is 50.7 Å². The van der Waals surface area contributed by atoms with Crippen molar-refractivity contribution in [1.82, 2.24) is 10.2 Å². The number of amides is 2. The van der Waals surface area contributed by atoms with E-state index in [0.717, 1.165) is 29.1 Å². The van der Waals surface area contributed by atoms with Crippen LogP contribution in [0.25, 0.3) is 0 Å². The van der Waals surface area contributed by atoms with Gasteiger partial charge in [0.05, 0.1) is 17.0 Å². The first-order valence-corrected chi connectivity index (χ1v) is 12.8. The highest BCUT2D eigenvalue weighted by atomic mass is 35.5. The van der Waals surface area contributed by atoms with E-state index in [0.29, 0.717) is 17.1 Å². The molecule has 0 aliphatic heterocycles. The zero-order valence-corrected chi connectivity index (χ0v) is 20.8. The van der Waals surface area contributed by atoms with E-state index in [9.17, 15) is 22.4 Å². The molecule has 0 aliphatic carbocycles. The maximum Gasteiger partial charge on any atom is 0.244 e. The number of benzene rings is 2. The number of sulfonamides is 1. The summed E-state index contributed by atoms with van der Waals surface area (Å²) in [6.07, 6.45) is 1.65. The van der Waals surface area contributed by atoms with Gasteiger partial charge in [0, 0.05) is 18.1 Å². The van der Waals surface area contributed by atoms with Crippen molar-refractivity contribution < 1.29 is 22.4 Å². The number of nitrogens with one attached hydrogen (secondary N) is 1. The van der Waals surface area contributed by atoms with Crippen LogP contribution in [-0.4, -0.2) is 50.5 Å². The van der Waals surface area contributed by atoms with Crippen molar-refractivity contribution in [3.05, 3.63) is 63.9 Å². The lowest BCUT2D eigenvalue weighted by molar-refractivity contribution is -0.139. The third-order valence-electron chi connectivity index (χ3n) is 4.85. The van der Waals surface area contributed by atoms with Crippen LogP contribution in [0.1, 0.15) is 25.8 Å². The van der Waals surface area contributed by atoms with Crippen molar-refractivity contribution in [3.63, 3.8) is 0 Å². The highest BCUT2D eigenvalue weighted by Gasteiger charge is 2.30. The summed E-state index contributed by atoms with van der Waals surface area (Å²) in [5, 5.41) is 2.98. The maximum absolute atomic E-state index is 13.6. The van der Waals surface area contributed by atoms with Crippen molar-refractivity contribution in [2.75, 3.05) is 23.7 Å². The standard InChI is InChI=1S/C22H26Cl2FN3O4S/c1-4-11-26-22(30)15(2)27(13-16-5-7-17(23)8-6-16)21(29)14-28(33(3,31)32)18-9-10-20(25)19(24)12-18/h5-10,12,15H,4,11,13-14H2,1-3H3,(H,26,30)/t15-/m0/s1. The number of carbonyl (C=O) groups is 2. The van der Waals surface area contributed by atoms with Gasteiger partial charge in [-0.15, -0.1) is 0 Å². The Hall–Kier alpha value is -2.36. The van der Waals surface area contributed by atoms with E-state index < -0.39 is 34.3 Å². The Bertz CT molecular complexity index is 1100. The van der Waals surface area contributed by atoms with Gasteiger partial charge < -0.3 is 10.2 Å². The highest BCUT2D eigenvalue weighted by molar-refractivity contribution is 7.92. The van der Waals surface area contributed by atoms with Gasteiger partial charge >= 0.3 is 0 Å². The Morgan fingerprint density at radius 1 is 1.12 bits per heavy atom. The molecule has 2 aromatic rings. The quantitative estimate of drug-likeness (QED) is 0.518. The minimum absolute atomic E-state index is 0.0341. The molecule has 0 heterocycles. The highest BCUT2D eigenvalue weighted by Crippen LogP contribution is 2.25. The number of nitrogens with zero attached hydrogens (tertiary/aromatic N) is 2. The molecule has 7 nitrogen and oxygen atoms in total. The second kappa shape index (κ2) is 11.7. The molecular weight excluding hydrogens is 492 g/mol. The van der Waals surface area contributed by atoms with Crippen LogP contribution >= 0.6 is 23.2 Å². The minimum Gasteiger partial charge on any atom is -0.354 e. The van der Waals surface area contributed by atoms with Crippen LogP contribution in [0.2, 0.25) is 10.0 Å². The Morgan fingerprint density at radius 3 is 2.30 bits per heavy atom. The van der Waals surface area contributed by atoms with Crippen LogP contribution in [0, 0.1) is 5.82 Å². The molecule has 11 heteroatoms. The van der Waals surface area contributed by atoms with Crippen LogP contribution in [0.15, 0.2) is 42.5 Å². The van der Waals surface area contributed by atoms with E-state index in [-0.39, 0.29) is 23.2 Å². The average molecular weight is 518 g/mol. The normalized spacial score (nSPS) is 12.2. The number of hydrogen-bond donors (Lipinski definition) is 1. The first-order chi connectivity index (χ1) is 15.4. The SMILES string of the molecule is CCCNC(=O)[C@H](C)N(Cc1ccc(Cl)cc1)C(=O)CN(c1ccc(F)c(Cl)c1)S(C)(=O)=O. The van der Waals surface area contributed by atoms with Crippen LogP contribution in [0.5, 0.6) is 0 Å². The number of anilines is 1. The lowest BCUT2D eigenvalue weighted by Crippen LogP contribution is -2.51. The molecule has 0 spiro atoms. The molecule has 0 radical (unpaired) electrons. The Kier molecular flexibility index (Phi) is 9.51. The molecule has 2 aromatic carbocycles. The fourth-order valence-electron chi connectivity index (χ4n) is 3.02. The lowest BCUT2D eigenvalue weighted by atomic mass is 10.1. The van der Waals surface area contributed by atoms with Crippen LogP contribution in [-0.2, 0) is 26.2 Å². The van der Waals surface area contributed by atoms with Gasteiger partial charge in [0.25, 0.3) is 0 Å². The molecule has 180 valence electrons. The third-order valence-corrected chi connectivity index (χ3v) is 6.54. The Morgan fingerprint density at radius 2 is 1.76 bits per heavy atom. The summed E-state index contributed by atoms with van der Waals surface area (Å²) in [5.41, 5.74) is 0.741. The fourth-order valence-corrected chi connectivity index (χ4v) is 4.16. The average Bonchev–Trinajstić information content (AvgIpc) is 2.76. The summed E-state index contributed by atoms with van der Waals surface area (Å²) >= 11 is 11.7. The molecule has 0 bridgehead atoms. The molecule has 33 heavy (non-hydrogen) atoms. The number of halogens is 3. The van der Waals surface area contributed by atoms with E-state index in [2.05, 4.69) is 5.32 Å². The van der Waals surface area contributed by atoms with Gasteiger partial charge in [0.15, 0.2) is 0 Å². The molecule has 0 fully saturated rings. The van der Waals surface area contributed by atoms with Gasteiger partial charge in [-0.1, -0.05) is 42.3 Å². The summed E-state index contributed by atoms with van der Waals surface area (Å²) in [4.78, 5) is 27.2. The van der Waals surface area contributed by atoms with Gasteiger partial charge in [-0.05, 0) is 49.2 Å². The Balaban J connectivity index is 2.38. The molecule has 1 atom stereocenters. The van der Waals surface area contributed by atoms with Crippen LogP contribution in [0.4, 0.5) is 10.1 Å². The number of rotatable bonds is 10. The maximum atomic E-state index is 13.6. The second-order valence-electron chi connectivity index (χ2n) is 7.48. The topological polar surface area (TPSA) is 86.8 Å². The van der Waals surface area contributed by atoms with Crippen molar-refractivity contribution in [2.45, 2.75) is 32.9 Å². The lowest BCUT2D eigenvalue weighted by Gasteiger charge is -2.31. The van der Waals surface area contributed by atoms with Gasteiger partial charge in [-0.3, -0.25) is 13.9 Å². The van der Waals surface area contributed by atoms with Gasteiger partial charge in [0.1, 0.15) is 18.4 Å². The molecule has 1 N–H and O–H groups in total. The second-order valence-corrected chi connectivity index (χ2v) is 10.2. The summed E-state index contributed by atoms with van der Waals surface area (Å²) in [6.45, 7) is 3.37. The minimum atomic E-state index is -3.93. The first-order valence-electron chi connectivity index (χ1n) is 10.2.